The Morgan fingerprint density at radius 3 is 2.65 bits per heavy atom. The lowest BCUT2D eigenvalue weighted by Gasteiger charge is -2.14. The summed E-state index contributed by atoms with van der Waals surface area (Å²) in [6, 6.07) is 9.55. The number of nitrogens with one attached hydrogen (secondary N) is 3. The largest absolute Gasteiger partial charge is 0.382 e. The number of hydrogen-bond donors (Lipinski definition) is 3. The number of carbonyl (C=O) groups is 1. The van der Waals surface area contributed by atoms with Crippen molar-refractivity contribution in [1.82, 2.24) is 4.98 Å². The smallest absolute Gasteiger partial charge is 0.261 e. The van der Waals surface area contributed by atoms with Crippen molar-refractivity contribution in [3.05, 3.63) is 58.0 Å². The zero-order valence-corrected chi connectivity index (χ0v) is 13.2. The molecule has 1 aromatic heterocycles. The molecule has 3 N–H and O–H groups in total. The van der Waals surface area contributed by atoms with Crippen molar-refractivity contribution in [2.75, 3.05) is 10.6 Å². The summed E-state index contributed by atoms with van der Waals surface area (Å²) in [7, 11) is 0. The van der Waals surface area contributed by atoms with Crippen LogP contribution in [0.2, 0.25) is 0 Å². The molecule has 5 heteroatoms. The number of benzene rings is 1. The minimum atomic E-state index is -0.399. The van der Waals surface area contributed by atoms with Gasteiger partial charge in [-0.05, 0) is 38.0 Å². The van der Waals surface area contributed by atoms with Crippen LogP contribution in [0.15, 0.2) is 41.3 Å². The van der Waals surface area contributed by atoms with Crippen molar-refractivity contribution in [2.45, 2.75) is 38.6 Å². The van der Waals surface area contributed by atoms with Gasteiger partial charge in [-0.25, -0.2) is 0 Å². The van der Waals surface area contributed by atoms with Crippen LogP contribution in [-0.2, 0) is 0 Å². The van der Waals surface area contributed by atoms with Crippen LogP contribution in [0.25, 0.3) is 0 Å². The molecule has 0 atom stereocenters. The van der Waals surface area contributed by atoms with Gasteiger partial charge in [-0.1, -0.05) is 18.9 Å². The van der Waals surface area contributed by atoms with Gasteiger partial charge in [0.2, 0.25) is 0 Å². The second-order valence-electron chi connectivity index (χ2n) is 6.05. The van der Waals surface area contributed by atoms with E-state index < -0.39 is 5.91 Å². The number of hydrogen-bond acceptors (Lipinski definition) is 3. The van der Waals surface area contributed by atoms with Gasteiger partial charge in [-0.15, -0.1) is 0 Å². The Labute approximate surface area is 135 Å². The fraction of sp³-hybridized carbons (Fsp3) is 0.333. The van der Waals surface area contributed by atoms with E-state index in [1.165, 1.54) is 37.9 Å². The van der Waals surface area contributed by atoms with E-state index in [-0.39, 0.29) is 11.0 Å². The number of aromatic amines is 1. The van der Waals surface area contributed by atoms with Gasteiger partial charge in [0.1, 0.15) is 5.56 Å². The second-order valence-corrected chi connectivity index (χ2v) is 6.05. The summed E-state index contributed by atoms with van der Waals surface area (Å²) in [4.78, 5) is 27.0. The molecule has 1 heterocycles. The van der Waals surface area contributed by atoms with E-state index in [1.54, 1.807) is 6.92 Å². The Bertz CT molecular complexity index is 761. The molecule has 1 aromatic carbocycles. The molecule has 0 saturated heterocycles. The maximum Gasteiger partial charge on any atom is 0.261 e. The molecule has 0 radical (unpaired) electrons. The van der Waals surface area contributed by atoms with E-state index in [0.717, 1.165) is 11.4 Å². The van der Waals surface area contributed by atoms with Crippen LogP contribution in [-0.4, -0.2) is 16.9 Å². The predicted octanol–water partition coefficient (Wildman–Crippen LogP) is 3.29. The molecule has 1 aliphatic carbocycles. The summed E-state index contributed by atoms with van der Waals surface area (Å²) < 4.78 is 0. The summed E-state index contributed by atoms with van der Waals surface area (Å²) in [5.41, 5.74) is 2.24. The van der Waals surface area contributed by atoms with Crippen LogP contribution in [0, 0.1) is 6.92 Å². The molecule has 23 heavy (non-hydrogen) atoms. The highest BCUT2D eigenvalue weighted by molar-refractivity contribution is 6.04. The number of carbonyl (C=O) groups excluding carboxylic acids is 1. The second kappa shape index (κ2) is 6.69. The van der Waals surface area contributed by atoms with Gasteiger partial charge in [0.05, 0.1) is 0 Å². The number of amides is 1. The summed E-state index contributed by atoms with van der Waals surface area (Å²) in [5.74, 6) is -0.399. The topological polar surface area (TPSA) is 74.0 Å². The molecule has 120 valence electrons. The first-order valence-corrected chi connectivity index (χ1v) is 7.99. The first kappa shape index (κ1) is 15.3. The van der Waals surface area contributed by atoms with E-state index in [2.05, 4.69) is 15.6 Å². The SMILES string of the molecule is Cc1cc(=O)c(C(=O)Nc2cccc(NC3CCCC3)c2)c[nH]1. The van der Waals surface area contributed by atoms with Gasteiger partial charge >= 0.3 is 0 Å². The lowest BCUT2D eigenvalue weighted by atomic mass is 10.2. The van der Waals surface area contributed by atoms with Crippen LogP contribution >= 0.6 is 0 Å². The predicted molar refractivity (Wildman–Crippen MR) is 92.1 cm³/mol. The van der Waals surface area contributed by atoms with Crippen molar-refractivity contribution in [3.63, 3.8) is 0 Å². The number of H-pyrrole nitrogens is 1. The zero-order valence-electron chi connectivity index (χ0n) is 13.2. The highest BCUT2D eigenvalue weighted by atomic mass is 16.2. The summed E-state index contributed by atoms with van der Waals surface area (Å²) in [6.07, 6.45) is 6.37. The number of anilines is 2. The fourth-order valence-electron chi connectivity index (χ4n) is 2.94. The minimum Gasteiger partial charge on any atom is -0.382 e. The van der Waals surface area contributed by atoms with E-state index >= 15 is 0 Å². The first-order chi connectivity index (χ1) is 11.1. The van der Waals surface area contributed by atoms with Crippen molar-refractivity contribution in [2.24, 2.45) is 0 Å². The van der Waals surface area contributed by atoms with E-state index in [4.69, 9.17) is 0 Å². The average molecular weight is 311 g/mol. The van der Waals surface area contributed by atoms with Crippen LogP contribution < -0.4 is 16.1 Å². The number of aryl methyl sites for hydroxylation is 1. The summed E-state index contributed by atoms with van der Waals surface area (Å²) in [6.45, 7) is 1.78. The quantitative estimate of drug-likeness (QED) is 0.811. The molecule has 5 nitrogen and oxygen atoms in total. The van der Waals surface area contributed by atoms with E-state index in [1.807, 2.05) is 24.3 Å². The summed E-state index contributed by atoms with van der Waals surface area (Å²) in [5, 5.41) is 6.28. The monoisotopic (exact) mass is 311 g/mol. The lowest BCUT2D eigenvalue weighted by molar-refractivity contribution is 0.102. The Morgan fingerprint density at radius 2 is 1.91 bits per heavy atom. The molecule has 2 aromatic rings. The fourth-order valence-corrected chi connectivity index (χ4v) is 2.94. The van der Waals surface area contributed by atoms with Gasteiger partial charge in [0, 0.05) is 35.4 Å². The van der Waals surface area contributed by atoms with Gasteiger partial charge in [0.15, 0.2) is 5.43 Å². The first-order valence-electron chi connectivity index (χ1n) is 7.99. The van der Waals surface area contributed by atoms with Gasteiger partial charge in [-0.2, -0.15) is 0 Å². The van der Waals surface area contributed by atoms with Crippen molar-refractivity contribution in [1.29, 1.82) is 0 Å². The highest BCUT2D eigenvalue weighted by Crippen LogP contribution is 2.23. The molecule has 0 unspecified atom stereocenters. The van der Waals surface area contributed by atoms with Gasteiger partial charge < -0.3 is 15.6 Å². The van der Waals surface area contributed by atoms with E-state index in [0.29, 0.717) is 11.7 Å². The third kappa shape index (κ3) is 3.80. The third-order valence-electron chi connectivity index (χ3n) is 4.15. The Kier molecular flexibility index (Phi) is 4.46. The van der Waals surface area contributed by atoms with Crippen LogP contribution in [0.4, 0.5) is 11.4 Å². The molecular weight excluding hydrogens is 290 g/mol. The maximum atomic E-state index is 12.3. The number of aromatic nitrogens is 1. The van der Waals surface area contributed by atoms with Crippen LogP contribution in [0.1, 0.15) is 41.7 Å². The third-order valence-corrected chi connectivity index (χ3v) is 4.15. The highest BCUT2D eigenvalue weighted by Gasteiger charge is 2.15. The Balaban J connectivity index is 1.71. The summed E-state index contributed by atoms with van der Waals surface area (Å²) >= 11 is 0. The Morgan fingerprint density at radius 1 is 1.17 bits per heavy atom. The number of rotatable bonds is 4. The standard InChI is InChI=1S/C18H21N3O2/c1-12-9-17(22)16(11-19-12)18(23)21-15-8-4-7-14(10-15)20-13-5-2-3-6-13/h4,7-11,13,20H,2-3,5-6H2,1H3,(H,19,22)(H,21,23). The lowest BCUT2D eigenvalue weighted by Crippen LogP contribution is -2.21. The number of pyridine rings is 1. The molecule has 1 saturated carbocycles. The molecule has 1 amide bonds. The van der Waals surface area contributed by atoms with Crippen molar-refractivity contribution < 1.29 is 4.79 Å². The molecule has 0 bridgehead atoms. The van der Waals surface area contributed by atoms with Crippen molar-refractivity contribution >= 4 is 17.3 Å². The Hall–Kier alpha value is -2.56. The normalized spacial score (nSPS) is 14.7. The molecule has 0 spiro atoms. The van der Waals surface area contributed by atoms with Crippen LogP contribution in [0.5, 0.6) is 0 Å². The van der Waals surface area contributed by atoms with Crippen LogP contribution in [0.3, 0.4) is 0 Å². The van der Waals surface area contributed by atoms with E-state index in [9.17, 15) is 9.59 Å². The average Bonchev–Trinajstić information content (AvgIpc) is 3.00. The minimum absolute atomic E-state index is 0.116. The molecule has 3 rings (SSSR count). The molecular formula is C18H21N3O2. The maximum absolute atomic E-state index is 12.3. The van der Waals surface area contributed by atoms with Gasteiger partial charge in [0.25, 0.3) is 5.91 Å². The zero-order chi connectivity index (χ0) is 16.2. The molecule has 1 aliphatic rings. The molecule has 1 fully saturated rings. The molecule has 0 aliphatic heterocycles. The van der Waals surface area contributed by atoms with Crippen molar-refractivity contribution in [3.8, 4) is 0 Å². The van der Waals surface area contributed by atoms with Gasteiger partial charge in [-0.3, -0.25) is 9.59 Å².